The predicted molar refractivity (Wildman–Crippen MR) is 115 cm³/mol. The molecule has 35 heavy (non-hydrogen) atoms. The van der Waals surface area contributed by atoms with Crippen LogP contribution in [-0.4, -0.2) is 29.9 Å². The quantitative estimate of drug-likeness (QED) is 0.372. The van der Waals surface area contributed by atoms with Crippen molar-refractivity contribution in [3.05, 3.63) is 70.8 Å². The second kappa shape index (κ2) is 10.2. The zero-order chi connectivity index (χ0) is 26.0. The molecule has 0 radical (unpaired) electrons. The molecule has 0 unspecified atom stereocenters. The van der Waals surface area contributed by atoms with Crippen LogP contribution in [0, 0.1) is 0 Å². The van der Waals surface area contributed by atoms with Gasteiger partial charge in [0.25, 0.3) is 0 Å². The van der Waals surface area contributed by atoms with E-state index in [2.05, 4.69) is 20.1 Å². The molecule has 2 atom stereocenters. The lowest BCUT2D eigenvalue weighted by Crippen LogP contribution is -2.57. The van der Waals surface area contributed by atoms with Gasteiger partial charge in [0, 0.05) is 6.42 Å². The molecule has 2 aromatic rings. The third-order valence-electron chi connectivity index (χ3n) is 5.92. The lowest BCUT2D eigenvalue weighted by atomic mass is 9.80. The van der Waals surface area contributed by atoms with Gasteiger partial charge in [0.15, 0.2) is 22.0 Å². The van der Waals surface area contributed by atoms with E-state index in [1.807, 2.05) is 0 Å². The van der Waals surface area contributed by atoms with Crippen molar-refractivity contribution in [2.75, 3.05) is 13.2 Å². The average Bonchev–Trinajstić information content (AvgIpc) is 2.81. The van der Waals surface area contributed by atoms with Gasteiger partial charge in [-0.2, -0.15) is 26.3 Å². The number of piperidine rings is 1. The molecule has 3 rings (SSSR count). The van der Waals surface area contributed by atoms with Crippen LogP contribution in [0.1, 0.15) is 48.1 Å². The molecule has 0 N–H and O–H groups in total. The van der Waals surface area contributed by atoms with E-state index < -0.39 is 41.2 Å². The third kappa shape index (κ3) is 5.97. The summed E-state index contributed by atoms with van der Waals surface area (Å²) >= 11 is 2.61. The number of halogens is 7. The number of carbonyl (C=O) groups excluding carboxylic acids is 2. The summed E-state index contributed by atoms with van der Waals surface area (Å²) in [5, 5.41) is 0. The number of ether oxygens (including phenoxy) is 1. The molecular weight excluding hydrogens is 548 g/mol. The van der Waals surface area contributed by atoms with Crippen molar-refractivity contribution in [3.8, 4) is 0 Å². The maximum atomic E-state index is 13.3. The van der Waals surface area contributed by atoms with Gasteiger partial charge >= 0.3 is 18.4 Å². The summed E-state index contributed by atoms with van der Waals surface area (Å²) in [6, 6.07) is 9.72. The van der Waals surface area contributed by atoms with Crippen LogP contribution in [0.25, 0.3) is 0 Å². The van der Waals surface area contributed by atoms with E-state index in [4.69, 9.17) is 4.74 Å². The maximum absolute atomic E-state index is 13.3. The van der Waals surface area contributed by atoms with Crippen molar-refractivity contribution in [2.45, 2.75) is 43.8 Å². The smallest absolute Gasteiger partial charge is 0.371 e. The summed E-state index contributed by atoms with van der Waals surface area (Å²) in [5.74, 6) is -0.241. The van der Waals surface area contributed by atoms with Gasteiger partial charge in [-0.3, -0.25) is 9.69 Å². The number of alkyl halides is 6. The first kappa shape index (κ1) is 27.0. The molecule has 0 spiro atoms. The molecule has 0 bridgehead atoms. The van der Waals surface area contributed by atoms with Crippen LogP contribution in [0.15, 0.2) is 48.5 Å². The largest absolute Gasteiger partial charge is 0.422 e. The molecule has 1 aliphatic rings. The van der Waals surface area contributed by atoms with Crippen molar-refractivity contribution in [1.29, 1.82) is 0 Å². The first-order valence-corrected chi connectivity index (χ1v) is 11.0. The lowest BCUT2D eigenvalue weighted by Gasteiger charge is -2.46. The lowest BCUT2D eigenvalue weighted by molar-refractivity contribution is -0.143. The summed E-state index contributed by atoms with van der Waals surface area (Å²) in [7, 11) is 0. The van der Waals surface area contributed by atoms with Crippen LogP contribution in [0.3, 0.4) is 0 Å². The molecule has 0 saturated carbocycles. The number of Topliss-reactive ketones (excluding diaryl/α,β-unsaturated/α-hetero) is 1. The minimum atomic E-state index is -5.00. The highest BCUT2D eigenvalue weighted by molar-refractivity contribution is 9.06. The molecule has 1 amide bonds. The summed E-state index contributed by atoms with van der Waals surface area (Å²) in [4.78, 5) is 25.8. The van der Waals surface area contributed by atoms with Crippen LogP contribution in [0.2, 0.25) is 0 Å². The fraction of sp³-hybridized carbons (Fsp3) is 0.391. The Hall–Kier alpha value is -2.60. The van der Waals surface area contributed by atoms with E-state index in [1.165, 1.54) is 6.92 Å². The molecule has 0 aromatic heterocycles. The van der Waals surface area contributed by atoms with Gasteiger partial charge in [0.2, 0.25) is 0 Å². The van der Waals surface area contributed by atoms with Gasteiger partial charge in [0.1, 0.15) is 0 Å². The molecular formula is C23H20BrF6NO4. The van der Waals surface area contributed by atoms with Gasteiger partial charge in [-0.25, -0.2) is 4.79 Å². The highest BCUT2D eigenvalue weighted by Gasteiger charge is 2.47. The first-order valence-electron chi connectivity index (χ1n) is 10.4. The highest BCUT2D eigenvalue weighted by Crippen LogP contribution is 2.41. The topological polar surface area (TPSA) is 55.8 Å². The second-order valence-electron chi connectivity index (χ2n) is 8.16. The normalized spacial score (nSPS) is 20.0. The maximum Gasteiger partial charge on any atom is 0.422 e. The Labute approximate surface area is 205 Å². The third-order valence-corrected chi connectivity index (χ3v) is 6.19. The van der Waals surface area contributed by atoms with Crippen molar-refractivity contribution in [2.24, 2.45) is 0 Å². The number of hydrogen-bond acceptors (Lipinski definition) is 4. The van der Waals surface area contributed by atoms with Crippen molar-refractivity contribution in [3.63, 3.8) is 0 Å². The Balaban J connectivity index is 1.99. The zero-order valence-electron chi connectivity index (χ0n) is 18.3. The minimum absolute atomic E-state index is 0.0438. The van der Waals surface area contributed by atoms with Gasteiger partial charge in [-0.1, -0.05) is 30.3 Å². The SMILES string of the molecule is C[C@@H](OC[C@@]1(c2ccccc2)CCC(=O)CN1C(=O)OBr)c1cc(C(F)(F)F)cc(C(F)(F)F)c1. The Morgan fingerprint density at radius 2 is 1.63 bits per heavy atom. The Kier molecular flexibility index (Phi) is 7.85. The van der Waals surface area contributed by atoms with E-state index in [0.29, 0.717) is 17.7 Å². The molecule has 1 heterocycles. The Morgan fingerprint density at radius 3 is 2.14 bits per heavy atom. The van der Waals surface area contributed by atoms with Crippen LogP contribution in [-0.2, 0) is 31.3 Å². The number of hydrogen-bond donors (Lipinski definition) is 0. The predicted octanol–water partition coefficient (Wildman–Crippen LogP) is 6.81. The Bertz CT molecular complexity index is 1040. The number of nitrogens with zero attached hydrogens (tertiary/aromatic N) is 1. The fourth-order valence-electron chi connectivity index (χ4n) is 4.02. The molecule has 190 valence electrons. The number of benzene rings is 2. The summed E-state index contributed by atoms with van der Waals surface area (Å²) in [5.41, 5.74) is -3.93. The van der Waals surface area contributed by atoms with Crippen LogP contribution < -0.4 is 0 Å². The molecule has 1 fully saturated rings. The molecule has 2 aromatic carbocycles. The molecule has 5 nitrogen and oxygen atoms in total. The molecule has 1 saturated heterocycles. The molecule has 12 heteroatoms. The number of rotatable bonds is 5. The zero-order valence-corrected chi connectivity index (χ0v) is 19.8. The van der Waals surface area contributed by atoms with Crippen molar-refractivity contribution in [1.82, 2.24) is 4.90 Å². The van der Waals surface area contributed by atoms with Crippen molar-refractivity contribution >= 4 is 28.1 Å². The van der Waals surface area contributed by atoms with Gasteiger partial charge in [-0.05, 0) is 42.7 Å². The molecule has 0 aliphatic carbocycles. The monoisotopic (exact) mass is 567 g/mol. The summed E-state index contributed by atoms with van der Waals surface area (Å²) < 4.78 is 90.1. The van der Waals surface area contributed by atoms with E-state index in [9.17, 15) is 35.9 Å². The number of likely N-dealkylation sites (tertiary alicyclic amines) is 1. The number of carbonyl (C=O) groups is 2. The standard InChI is InChI=1S/C23H20BrF6NO4/c1-14(15-9-17(22(25,26)27)11-18(10-15)23(28,29)30)34-13-21(16-5-3-2-4-6-16)8-7-19(32)12-31(21)20(33)35-24/h2-6,9-11,14H,7-8,12-13H2,1H3/t14-,21-/m1/s1. The van der Waals surface area contributed by atoms with Gasteiger partial charge in [-0.15, -0.1) is 0 Å². The number of ketones is 1. The van der Waals surface area contributed by atoms with E-state index in [1.54, 1.807) is 30.3 Å². The van der Waals surface area contributed by atoms with Gasteiger partial charge in [0.05, 0.1) is 35.9 Å². The summed E-state index contributed by atoms with van der Waals surface area (Å²) in [6.07, 6.45) is -11.9. The van der Waals surface area contributed by atoms with Crippen molar-refractivity contribution < 1.29 is 44.5 Å². The average molecular weight is 568 g/mol. The summed E-state index contributed by atoms with van der Waals surface area (Å²) in [6.45, 7) is 0.694. The van der Waals surface area contributed by atoms with E-state index in [0.717, 1.165) is 4.90 Å². The van der Waals surface area contributed by atoms with Crippen LogP contribution in [0.5, 0.6) is 0 Å². The first-order chi connectivity index (χ1) is 16.3. The number of amides is 1. The van der Waals surface area contributed by atoms with Crippen LogP contribution in [0.4, 0.5) is 31.1 Å². The highest BCUT2D eigenvalue weighted by atomic mass is 79.9. The van der Waals surface area contributed by atoms with Crippen LogP contribution >= 0.6 is 16.3 Å². The Morgan fingerprint density at radius 1 is 1.06 bits per heavy atom. The molecule has 1 aliphatic heterocycles. The van der Waals surface area contributed by atoms with E-state index in [-0.39, 0.29) is 43.4 Å². The van der Waals surface area contributed by atoms with Gasteiger partial charge < -0.3 is 8.57 Å². The fourth-order valence-corrected chi connectivity index (χ4v) is 4.20. The van der Waals surface area contributed by atoms with E-state index >= 15 is 0 Å². The minimum Gasteiger partial charge on any atom is -0.371 e. The second-order valence-corrected chi connectivity index (χ2v) is 8.48.